The maximum absolute atomic E-state index is 10.9. The van der Waals surface area contributed by atoms with Gasteiger partial charge in [0.25, 0.3) is 0 Å². The number of nitrogens with one attached hydrogen (secondary N) is 1. The van der Waals surface area contributed by atoms with Crippen molar-refractivity contribution in [2.75, 3.05) is 13.3 Å². The van der Waals surface area contributed by atoms with Gasteiger partial charge in [0.1, 0.15) is 6.04 Å². The topological polar surface area (TPSA) is 75.3 Å². The maximum atomic E-state index is 10.9. The minimum Gasteiger partial charge on any atom is -0.480 e. The van der Waals surface area contributed by atoms with E-state index in [1.807, 2.05) is 30.5 Å². The van der Waals surface area contributed by atoms with E-state index in [2.05, 4.69) is 5.32 Å². The average Bonchev–Trinajstić information content (AvgIpc) is 2.29. The highest BCUT2D eigenvalue weighted by molar-refractivity contribution is 7.98. The molecule has 88 valence electrons. The lowest BCUT2D eigenvalue weighted by Gasteiger charge is -2.19. The van der Waals surface area contributed by atoms with E-state index in [-0.39, 0.29) is 0 Å². The SMILES string of the molecule is CNC(C(=O)O)C(N)c1ccc(SC)cc1. The molecule has 0 saturated carbocycles. The molecule has 0 aliphatic rings. The molecule has 1 rings (SSSR count). The molecule has 0 aliphatic heterocycles. The molecule has 0 fully saturated rings. The van der Waals surface area contributed by atoms with Crippen molar-refractivity contribution < 1.29 is 9.90 Å². The summed E-state index contributed by atoms with van der Waals surface area (Å²) in [6.45, 7) is 0. The molecule has 5 heteroatoms. The summed E-state index contributed by atoms with van der Waals surface area (Å²) >= 11 is 1.64. The van der Waals surface area contributed by atoms with Crippen molar-refractivity contribution in [2.24, 2.45) is 5.73 Å². The average molecular weight is 240 g/mol. The molecular weight excluding hydrogens is 224 g/mol. The highest BCUT2D eigenvalue weighted by Gasteiger charge is 2.24. The first-order valence-electron chi connectivity index (χ1n) is 4.89. The second-order valence-corrected chi connectivity index (χ2v) is 4.28. The van der Waals surface area contributed by atoms with Crippen LogP contribution in [-0.2, 0) is 4.79 Å². The lowest BCUT2D eigenvalue weighted by atomic mass is 10.0. The minimum atomic E-state index is -0.941. The van der Waals surface area contributed by atoms with E-state index < -0.39 is 18.1 Å². The van der Waals surface area contributed by atoms with Crippen LogP contribution in [-0.4, -0.2) is 30.4 Å². The number of carbonyl (C=O) groups is 1. The number of aliphatic carboxylic acids is 1. The summed E-state index contributed by atoms with van der Waals surface area (Å²) in [7, 11) is 1.59. The van der Waals surface area contributed by atoms with Crippen LogP contribution in [0.4, 0.5) is 0 Å². The number of nitrogens with two attached hydrogens (primary N) is 1. The zero-order valence-corrected chi connectivity index (χ0v) is 10.1. The first kappa shape index (κ1) is 13.0. The minimum absolute atomic E-state index is 0.543. The van der Waals surface area contributed by atoms with E-state index in [0.717, 1.165) is 10.5 Å². The number of likely N-dealkylation sites (N-methyl/N-ethyl adjacent to an activating group) is 1. The van der Waals surface area contributed by atoms with Crippen molar-refractivity contribution in [3.8, 4) is 0 Å². The molecule has 16 heavy (non-hydrogen) atoms. The fourth-order valence-electron chi connectivity index (χ4n) is 1.48. The van der Waals surface area contributed by atoms with E-state index >= 15 is 0 Å². The normalized spacial score (nSPS) is 14.4. The van der Waals surface area contributed by atoms with Crippen LogP contribution in [0, 0.1) is 0 Å². The summed E-state index contributed by atoms with van der Waals surface area (Å²) in [5.41, 5.74) is 6.71. The zero-order chi connectivity index (χ0) is 12.1. The zero-order valence-electron chi connectivity index (χ0n) is 9.31. The molecule has 2 atom stereocenters. The second kappa shape index (κ2) is 5.89. The Morgan fingerprint density at radius 1 is 1.44 bits per heavy atom. The Kier molecular flexibility index (Phi) is 4.79. The fourth-order valence-corrected chi connectivity index (χ4v) is 1.88. The van der Waals surface area contributed by atoms with Crippen LogP contribution in [0.5, 0.6) is 0 Å². The smallest absolute Gasteiger partial charge is 0.322 e. The van der Waals surface area contributed by atoms with Crippen molar-refractivity contribution >= 4 is 17.7 Å². The third-order valence-corrected chi connectivity index (χ3v) is 3.18. The van der Waals surface area contributed by atoms with Crippen LogP contribution in [0.1, 0.15) is 11.6 Å². The van der Waals surface area contributed by atoms with E-state index in [1.54, 1.807) is 18.8 Å². The van der Waals surface area contributed by atoms with Gasteiger partial charge in [-0.3, -0.25) is 4.79 Å². The standard InChI is InChI=1S/C11H16N2O2S/c1-13-10(11(14)15)9(12)7-3-5-8(16-2)6-4-7/h3-6,9-10,13H,12H2,1-2H3,(H,14,15). The number of hydrogen-bond donors (Lipinski definition) is 3. The Bertz CT molecular complexity index is 354. The first-order chi connectivity index (χ1) is 7.60. The molecule has 0 aromatic heterocycles. The van der Waals surface area contributed by atoms with Crippen LogP contribution in [0.15, 0.2) is 29.2 Å². The molecule has 0 spiro atoms. The van der Waals surface area contributed by atoms with Crippen molar-refractivity contribution in [2.45, 2.75) is 17.0 Å². The molecule has 1 aromatic rings. The van der Waals surface area contributed by atoms with Gasteiger partial charge in [0.15, 0.2) is 0 Å². The van der Waals surface area contributed by atoms with E-state index in [0.29, 0.717) is 0 Å². The molecule has 4 N–H and O–H groups in total. The quantitative estimate of drug-likeness (QED) is 0.672. The van der Waals surface area contributed by atoms with Gasteiger partial charge >= 0.3 is 5.97 Å². The summed E-state index contributed by atoms with van der Waals surface area (Å²) in [6, 6.07) is 6.30. The fraction of sp³-hybridized carbons (Fsp3) is 0.364. The van der Waals surface area contributed by atoms with Gasteiger partial charge in [-0.2, -0.15) is 0 Å². The molecule has 0 heterocycles. The van der Waals surface area contributed by atoms with E-state index in [1.165, 1.54) is 0 Å². The monoisotopic (exact) mass is 240 g/mol. The number of carboxylic acid groups (broad SMARTS) is 1. The summed E-state index contributed by atoms with van der Waals surface area (Å²) in [5.74, 6) is -0.941. The molecule has 0 aliphatic carbocycles. The summed E-state index contributed by atoms with van der Waals surface area (Å²) in [5, 5.41) is 11.7. The van der Waals surface area contributed by atoms with Crippen LogP contribution in [0.2, 0.25) is 0 Å². The molecule has 0 saturated heterocycles. The molecule has 0 amide bonds. The van der Waals surface area contributed by atoms with E-state index in [9.17, 15) is 4.79 Å². The molecule has 0 bridgehead atoms. The van der Waals surface area contributed by atoms with Crippen LogP contribution in [0.25, 0.3) is 0 Å². The molecule has 0 radical (unpaired) electrons. The second-order valence-electron chi connectivity index (χ2n) is 3.40. The van der Waals surface area contributed by atoms with Crippen LogP contribution >= 0.6 is 11.8 Å². The van der Waals surface area contributed by atoms with Gasteiger partial charge in [-0.25, -0.2) is 0 Å². The van der Waals surface area contributed by atoms with Gasteiger partial charge in [-0.05, 0) is 31.0 Å². The summed E-state index contributed by atoms with van der Waals surface area (Å²) in [6.07, 6.45) is 1.99. The van der Waals surface area contributed by atoms with Gasteiger partial charge in [0.2, 0.25) is 0 Å². The summed E-state index contributed by atoms with van der Waals surface area (Å²) in [4.78, 5) is 12.1. The van der Waals surface area contributed by atoms with Crippen molar-refractivity contribution in [1.29, 1.82) is 0 Å². The van der Waals surface area contributed by atoms with Gasteiger partial charge in [-0.15, -0.1) is 11.8 Å². The Balaban J connectivity index is 2.86. The van der Waals surface area contributed by atoms with Crippen molar-refractivity contribution in [3.63, 3.8) is 0 Å². The van der Waals surface area contributed by atoms with Crippen molar-refractivity contribution in [1.82, 2.24) is 5.32 Å². The van der Waals surface area contributed by atoms with Gasteiger partial charge < -0.3 is 16.2 Å². The molecular formula is C11H16N2O2S. The highest BCUT2D eigenvalue weighted by Crippen LogP contribution is 2.19. The van der Waals surface area contributed by atoms with Gasteiger partial charge in [-0.1, -0.05) is 12.1 Å². The Labute approximate surface area is 99.2 Å². The predicted molar refractivity (Wildman–Crippen MR) is 65.6 cm³/mol. The number of thioether (sulfide) groups is 1. The number of benzene rings is 1. The Morgan fingerprint density at radius 3 is 2.38 bits per heavy atom. The third kappa shape index (κ3) is 2.98. The van der Waals surface area contributed by atoms with Crippen LogP contribution in [0.3, 0.4) is 0 Å². The van der Waals surface area contributed by atoms with Crippen LogP contribution < -0.4 is 11.1 Å². The lowest BCUT2D eigenvalue weighted by molar-refractivity contribution is -0.139. The highest BCUT2D eigenvalue weighted by atomic mass is 32.2. The maximum Gasteiger partial charge on any atom is 0.322 e. The van der Waals surface area contributed by atoms with Gasteiger partial charge in [0.05, 0.1) is 6.04 Å². The number of hydrogen-bond acceptors (Lipinski definition) is 4. The Hall–Kier alpha value is -1.04. The molecule has 1 aromatic carbocycles. The lowest BCUT2D eigenvalue weighted by Crippen LogP contribution is -2.43. The third-order valence-electron chi connectivity index (χ3n) is 2.44. The largest absolute Gasteiger partial charge is 0.480 e. The first-order valence-corrected chi connectivity index (χ1v) is 6.12. The van der Waals surface area contributed by atoms with Crippen molar-refractivity contribution in [3.05, 3.63) is 29.8 Å². The number of carboxylic acids is 1. The molecule has 2 unspecified atom stereocenters. The van der Waals surface area contributed by atoms with Gasteiger partial charge in [0, 0.05) is 4.90 Å². The number of rotatable bonds is 5. The van der Waals surface area contributed by atoms with E-state index in [4.69, 9.17) is 10.8 Å². The summed E-state index contributed by atoms with van der Waals surface area (Å²) < 4.78 is 0. The Morgan fingerprint density at radius 2 is 2.00 bits per heavy atom. The molecule has 4 nitrogen and oxygen atoms in total. The predicted octanol–water partition coefficient (Wildman–Crippen LogP) is 1.08.